The van der Waals surface area contributed by atoms with E-state index in [-0.39, 0.29) is 0 Å². The van der Waals surface area contributed by atoms with Gasteiger partial charge in [-0.05, 0) is 36.1 Å². The average molecular weight is 255 g/mol. The van der Waals surface area contributed by atoms with Crippen LogP contribution in [0, 0.1) is 0 Å². The molecule has 1 aromatic carbocycles. The monoisotopic (exact) mass is 254 g/mol. The molecule has 1 aromatic rings. The van der Waals surface area contributed by atoms with Crippen LogP contribution in [0.15, 0.2) is 36.4 Å². The van der Waals surface area contributed by atoms with Gasteiger partial charge in [0.1, 0.15) is 0 Å². The van der Waals surface area contributed by atoms with Crippen molar-refractivity contribution in [2.24, 2.45) is 0 Å². The van der Waals surface area contributed by atoms with Crippen molar-refractivity contribution >= 4 is 22.9 Å². The van der Waals surface area contributed by atoms with E-state index in [1.165, 1.54) is 6.08 Å². The van der Waals surface area contributed by atoms with E-state index in [4.69, 9.17) is 11.6 Å². The summed E-state index contributed by atoms with van der Waals surface area (Å²) in [5, 5.41) is -0.450. The maximum absolute atomic E-state index is 10.3. The fourth-order valence-corrected chi connectivity index (χ4v) is 1.23. The molecule has 0 amide bonds. The molecule has 1 aliphatic heterocycles. The molecule has 0 atom stereocenters. The normalized spacial score (nSPS) is 15.1. The topological polar surface area (TPSA) is 35.5 Å². The van der Waals surface area contributed by atoms with Crippen LogP contribution in [-0.2, 0) is 14.6 Å². The molecule has 0 unspecified atom stereocenters. The van der Waals surface area contributed by atoms with E-state index in [2.05, 4.69) is 9.78 Å². The van der Waals surface area contributed by atoms with Crippen LogP contribution >= 0.6 is 11.6 Å². The van der Waals surface area contributed by atoms with Crippen molar-refractivity contribution in [2.75, 3.05) is 13.2 Å². The van der Waals surface area contributed by atoms with Gasteiger partial charge in [0.2, 0.25) is 5.24 Å². The van der Waals surface area contributed by atoms with E-state index in [1.54, 1.807) is 6.08 Å². The molecule has 0 saturated carbocycles. The van der Waals surface area contributed by atoms with Gasteiger partial charge in [-0.15, -0.1) is 0 Å². The lowest BCUT2D eigenvalue weighted by atomic mass is 10.2. The number of halogens is 1. The average Bonchev–Trinajstić information content (AvgIpc) is 2.40. The summed E-state index contributed by atoms with van der Waals surface area (Å²) in [6.07, 6.45) is 5.31. The van der Waals surface area contributed by atoms with Crippen LogP contribution < -0.4 is 0 Å². The lowest BCUT2D eigenvalue weighted by Crippen LogP contribution is -2.05. The highest BCUT2D eigenvalue weighted by Crippen LogP contribution is 2.01. The summed E-state index contributed by atoms with van der Waals surface area (Å²) in [6.45, 7) is 1.56. The zero-order valence-electron chi connectivity index (χ0n) is 9.47. The Labute approximate surface area is 106 Å². The smallest absolute Gasteiger partial charge is 0.245 e. The summed E-state index contributed by atoms with van der Waals surface area (Å²) in [5.41, 5.74) is 0.974. The van der Waals surface area contributed by atoms with Crippen LogP contribution in [0.2, 0.25) is 0 Å². The Bertz CT molecular complexity index is 333. The fourth-order valence-electron chi connectivity index (χ4n) is 1.17. The van der Waals surface area contributed by atoms with Crippen molar-refractivity contribution in [3.8, 4) is 0 Å². The standard InChI is InChI=1S/C9H7ClO.C4H8O2/c10-9(11)7-6-8-4-2-1-3-5-8;1-2-4-6-5-3-1/h1-7H;1-4H2/b7-6+;. The fraction of sp³-hybridized carbons (Fsp3) is 0.308. The van der Waals surface area contributed by atoms with Crippen LogP contribution in [0.4, 0.5) is 0 Å². The summed E-state index contributed by atoms with van der Waals surface area (Å²) in [6, 6.07) is 9.52. The molecule has 4 heteroatoms. The van der Waals surface area contributed by atoms with Crippen LogP contribution in [-0.4, -0.2) is 18.5 Å². The molecule has 0 N–H and O–H groups in total. The Kier molecular flexibility index (Phi) is 7.30. The van der Waals surface area contributed by atoms with Gasteiger partial charge in [-0.25, -0.2) is 9.78 Å². The maximum Gasteiger partial charge on any atom is 0.245 e. The molecule has 1 fully saturated rings. The number of hydrogen-bond donors (Lipinski definition) is 0. The number of rotatable bonds is 2. The van der Waals surface area contributed by atoms with E-state index >= 15 is 0 Å². The highest BCUT2D eigenvalue weighted by molar-refractivity contribution is 6.66. The highest BCUT2D eigenvalue weighted by atomic mass is 35.5. The molecule has 1 heterocycles. The third-order valence-electron chi connectivity index (χ3n) is 2.00. The van der Waals surface area contributed by atoms with Crippen molar-refractivity contribution in [1.29, 1.82) is 0 Å². The van der Waals surface area contributed by atoms with Crippen LogP contribution in [0.3, 0.4) is 0 Å². The van der Waals surface area contributed by atoms with Gasteiger partial charge in [-0.1, -0.05) is 36.4 Å². The van der Waals surface area contributed by atoms with Crippen molar-refractivity contribution in [3.05, 3.63) is 42.0 Å². The molecule has 2 rings (SSSR count). The predicted molar refractivity (Wildman–Crippen MR) is 67.5 cm³/mol. The summed E-state index contributed by atoms with van der Waals surface area (Å²) < 4.78 is 0. The minimum Gasteiger partial charge on any atom is -0.276 e. The molecule has 3 nitrogen and oxygen atoms in total. The Morgan fingerprint density at radius 2 is 1.71 bits per heavy atom. The van der Waals surface area contributed by atoms with Gasteiger partial charge in [0.05, 0.1) is 13.2 Å². The largest absolute Gasteiger partial charge is 0.276 e. The zero-order chi connectivity index (χ0) is 12.3. The maximum atomic E-state index is 10.3. The third kappa shape index (κ3) is 7.69. The summed E-state index contributed by atoms with van der Waals surface area (Å²) in [5.74, 6) is 0. The van der Waals surface area contributed by atoms with E-state index in [0.29, 0.717) is 0 Å². The van der Waals surface area contributed by atoms with Crippen molar-refractivity contribution in [3.63, 3.8) is 0 Å². The van der Waals surface area contributed by atoms with Crippen molar-refractivity contribution < 1.29 is 14.6 Å². The quantitative estimate of drug-likeness (QED) is 0.462. The summed E-state index contributed by atoms with van der Waals surface area (Å²) in [7, 11) is 0. The first kappa shape index (κ1) is 13.9. The summed E-state index contributed by atoms with van der Waals surface area (Å²) in [4.78, 5) is 19.4. The van der Waals surface area contributed by atoms with Gasteiger partial charge in [0, 0.05) is 0 Å². The first-order valence-electron chi connectivity index (χ1n) is 5.46. The van der Waals surface area contributed by atoms with Crippen LogP contribution in [0.1, 0.15) is 18.4 Å². The van der Waals surface area contributed by atoms with E-state index in [9.17, 15) is 4.79 Å². The molecule has 0 radical (unpaired) electrons. The van der Waals surface area contributed by atoms with Gasteiger partial charge in [0.15, 0.2) is 0 Å². The Morgan fingerprint density at radius 1 is 1.12 bits per heavy atom. The summed E-state index contributed by atoms with van der Waals surface area (Å²) >= 11 is 5.10. The molecule has 17 heavy (non-hydrogen) atoms. The first-order valence-corrected chi connectivity index (χ1v) is 5.84. The first-order chi connectivity index (χ1) is 8.29. The van der Waals surface area contributed by atoms with Gasteiger partial charge >= 0.3 is 0 Å². The number of benzene rings is 1. The molecule has 1 aliphatic rings. The number of allylic oxidation sites excluding steroid dienone is 1. The van der Waals surface area contributed by atoms with Gasteiger partial charge < -0.3 is 0 Å². The Morgan fingerprint density at radius 3 is 2.12 bits per heavy atom. The second-order valence-electron chi connectivity index (χ2n) is 3.40. The van der Waals surface area contributed by atoms with E-state index in [1.807, 2.05) is 30.3 Å². The second kappa shape index (κ2) is 8.93. The molecular formula is C13H15ClO3. The molecule has 0 bridgehead atoms. The molecule has 1 saturated heterocycles. The lowest BCUT2D eigenvalue weighted by molar-refractivity contribution is -0.312. The lowest BCUT2D eigenvalue weighted by Gasteiger charge is -2.07. The van der Waals surface area contributed by atoms with E-state index < -0.39 is 5.24 Å². The minimum absolute atomic E-state index is 0.450. The Hall–Kier alpha value is -1.16. The van der Waals surface area contributed by atoms with Crippen molar-refractivity contribution in [2.45, 2.75) is 12.8 Å². The van der Waals surface area contributed by atoms with E-state index in [0.717, 1.165) is 31.6 Å². The Balaban J connectivity index is 0.000000202. The predicted octanol–water partition coefficient (Wildman–Crippen LogP) is 3.19. The van der Waals surface area contributed by atoms with Crippen LogP contribution in [0.25, 0.3) is 6.08 Å². The molecule has 0 aliphatic carbocycles. The van der Waals surface area contributed by atoms with Gasteiger partial charge in [-0.2, -0.15) is 0 Å². The molecule has 92 valence electrons. The highest BCUT2D eigenvalue weighted by Gasteiger charge is 1.95. The van der Waals surface area contributed by atoms with Gasteiger partial charge in [-0.3, -0.25) is 4.79 Å². The number of carbonyl (C=O) groups excluding carboxylic acids is 1. The molecule has 0 aromatic heterocycles. The second-order valence-corrected chi connectivity index (χ2v) is 3.77. The van der Waals surface area contributed by atoms with Crippen LogP contribution in [0.5, 0.6) is 0 Å². The zero-order valence-corrected chi connectivity index (χ0v) is 10.2. The SMILES string of the molecule is C1CCOOC1.O=C(Cl)/C=C/c1ccccc1. The number of hydrogen-bond acceptors (Lipinski definition) is 3. The van der Waals surface area contributed by atoms with Crippen molar-refractivity contribution in [1.82, 2.24) is 0 Å². The molecule has 0 spiro atoms. The molecular weight excluding hydrogens is 240 g/mol. The number of carbonyl (C=O) groups is 1. The minimum atomic E-state index is -0.450. The third-order valence-corrected chi connectivity index (χ3v) is 2.12. The van der Waals surface area contributed by atoms with Gasteiger partial charge in [0.25, 0.3) is 0 Å².